The first-order valence-corrected chi connectivity index (χ1v) is 13.8. The Labute approximate surface area is 202 Å². The molecule has 3 fully saturated rings. The lowest BCUT2D eigenvalue weighted by Crippen LogP contribution is -2.49. The Bertz CT molecular complexity index is 1200. The van der Waals surface area contributed by atoms with Gasteiger partial charge in [-0.15, -0.1) is 0 Å². The summed E-state index contributed by atoms with van der Waals surface area (Å²) in [6.07, 6.45) is 8.44. The Kier molecular flexibility index (Phi) is 6.22. The zero-order valence-electron chi connectivity index (χ0n) is 19.4. The highest BCUT2D eigenvalue weighted by Gasteiger charge is 2.51. The molecule has 178 valence electrons. The average molecular weight is 478 g/mol. The quantitative estimate of drug-likeness (QED) is 0.633. The molecular weight excluding hydrogens is 446 g/mol. The molecule has 0 N–H and O–H groups in total. The second-order valence-corrected chi connectivity index (χ2v) is 11.9. The molecule has 7 heteroatoms. The van der Waals surface area contributed by atoms with Gasteiger partial charge in [-0.2, -0.15) is 9.57 Å². The summed E-state index contributed by atoms with van der Waals surface area (Å²) < 4.78 is 28.0. The standard InChI is InChI=1S/C27H31N3O3S/c28-19-21-7-13-25(14-8-21)34(32,33)29-17-4-15-27(20-29)16-18-30(26(27)31)24-11-9-23(10-12-24)22-5-2-1-3-6-22/h7-14,22H,1-6,15-18,20H2. The zero-order chi connectivity index (χ0) is 23.8. The number of hydrogen-bond acceptors (Lipinski definition) is 4. The summed E-state index contributed by atoms with van der Waals surface area (Å²) in [7, 11) is -3.72. The molecule has 1 aliphatic carbocycles. The maximum Gasteiger partial charge on any atom is 0.243 e. The molecule has 2 aromatic carbocycles. The highest BCUT2D eigenvalue weighted by atomic mass is 32.2. The summed E-state index contributed by atoms with van der Waals surface area (Å²) >= 11 is 0. The van der Waals surface area contributed by atoms with E-state index < -0.39 is 15.4 Å². The molecule has 3 aliphatic rings. The van der Waals surface area contributed by atoms with Crippen LogP contribution in [0.5, 0.6) is 0 Å². The molecule has 1 spiro atoms. The Morgan fingerprint density at radius 2 is 1.59 bits per heavy atom. The summed E-state index contributed by atoms with van der Waals surface area (Å²) in [6.45, 7) is 1.24. The van der Waals surface area contributed by atoms with Gasteiger partial charge < -0.3 is 4.90 Å². The number of anilines is 1. The summed E-state index contributed by atoms with van der Waals surface area (Å²) in [5, 5.41) is 9.00. The van der Waals surface area contributed by atoms with Crippen LogP contribution in [0.15, 0.2) is 53.4 Å². The van der Waals surface area contributed by atoms with Gasteiger partial charge in [0.25, 0.3) is 0 Å². The van der Waals surface area contributed by atoms with Crippen LogP contribution in [0, 0.1) is 16.7 Å². The predicted octanol–water partition coefficient (Wildman–Crippen LogP) is 4.81. The monoisotopic (exact) mass is 477 g/mol. The molecule has 1 amide bonds. The molecule has 2 aromatic rings. The highest BCUT2D eigenvalue weighted by molar-refractivity contribution is 7.89. The molecule has 1 atom stereocenters. The maximum absolute atomic E-state index is 13.6. The number of nitrogens with zero attached hydrogens (tertiary/aromatic N) is 3. The largest absolute Gasteiger partial charge is 0.312 e. The first-order valence-electron chi connectivity index (χ1n) is 12.4. The third-order valence-corrected chi connectivity index (χ3v) is 9.82. The second-order valence-electron chi connectivity index (χ2n) is 9.99. The number of carbonyl (C=O) groups is 1. The van der Waals surface area contributed by atoms with E-state index in [2.05, 4.69) is 24.3 Å². The van der Waals surface area contributed by atoms with Crippen molar-refractivity contribution in [1.29, 1.82) is 5.26 Å². The zero-order valence-corrected chi connectivity index (χ0v) is 20.3. The normalized spacial score (nSPS) is 24.4. The molecule has 5 rings (SSSR count). The Morgan fingerprint density at radius 3 is 2.26 bits per heavy atom. The van der Waals surface area contributed by atoms with Crippen molar-refractivity contribution in [2.75, 3.05) is 24.5 Å². The van der Waals surface area contributed by atoms with Gasteiger partial charge in [0.05, 0.1) is 21.9 Å². The number of amides is 1. The lowest BCUT2D eigenvalue weighted by Gasteiger charge is -2.38. The highest BCUT2D eigenvalue weighted by Crippen LogP contribution is 2.43. The number of benzene rings is 2. The van der Waals surface area contributed by atoms with Crippen molar-refractivity contribution in [3.05, 3.63) is 59.7 Å². The Hall–Kier alpha value is -2.69. The van der Waals surface area contributed by atoms with Gasteiger partial charge in [-0.05, 0) is 80.0 Å². The first kappa shape index (κ1) is 23.1. The maximum atomic E-state index is 13.6. The number of sulfonamides is 1. The van der Waals surface area contributed by atoms with Crippen LogP contribution in [0.2, 0.25) is 0 Å². The van der Waals surface area contributed by atoms with Crippen molar-refractivity contribution in [3.63, 3.8) is 0 Å². The number of carbonyl (C=O) groups excluding carboxylic acids is 1. The molecule has 2 saturated heterocycles. The van der Waals surface area contributed by atoms with Crippen molar-refractivity contribution < 1.29 is 13.2 Å². The number of rotatable bonds is 4. The van der Waals surface area contributed by atoms with Crippen molar-refractivity contribution >= 4 is 21.6 Å². The molecule has 2 heterocycles. The van der Waals surface area contributed by atoms with E-state index in [1.807, 2.05) is 11.0 Å². The van der Waals surface area contributed by atoms with Crippen LogP contribution in [0.25, 0.3) is 0 Å². The Morgan fingerprint density at radius 1 is 0.882 bits per heavy atom. The molecule has 0 radical (unpaired) electrons. The molecular formula is C27H31N3O3S. The summed E-state index contributed by atoms with van der Waals surface area (Å²) in [5.74, 6) is 0.667. The number of nitriles is 1. The lowest BCUT2D eigenvalue weighted by atomic mass is 9.79. The lowest BCUT2D eigenvalue weighted by molar-refractivity contribution is -0.127. The van der Waals surface area contributed by atoms with Gasteiger partial charge in [0.15, 0.2) is 0 Å². The van der Waals surface area contributed by atoms with Crippen LogP contribution in [0.3, 0.4) is 0 Å². The van der Waals surface area contributed by atoms with Crippen LogP contribution >= 0.6 is 0 Å². The molecule has 34 heavy (non-hydrogen) atoms. The summed E-state index contributed by atoms with van der Waals surface area (Å²) in [5.41, 5.74) is 2.03. The van der Waals surface area contributed by atoms with E-state index in [0.717, 1.165) is 5.69 Å². The van der Waals surface area contributed by atoms with Crippen molar-refractivity contribution in [1.82, 2.24) is 4.31 Å². The third kappa shape index (κ3) is 4.14. The first-order chi connectivity index (χ1) is 16.4. The molecule has 0 aromatic heterocycles. The van der Waals surface area contributed by atoms with E-state index in [1.54, 1.807) is 0 Å². The predicted molar refractivity (Wildman–Crippen MR) is 131 cm³/mol. The van der Waals surface area contributed by atoms with Gasteiger partial charge in [0, 0.05) is 25.3 Å². The smallest absolute Gasteiger partial charge is 0.243 e. The molecule has 0 bridgehead atoms. The summed E-state index contributed by atoms with van der Waals surface area (Å²) in [4.78, 5) is 15.7. The second kappa shape index (κ2) is 9.16. The minimum Gasteiger partial charge on any atom is -0.312 e. The molecule has 6 nitrogen and oxygen atoms in total. The van der Waals surface area contributed by atoms with Gasteiger partial charge in [0.1, 0.15) is 0 Å². The van der Waals surface area contributed by atoms with E-state index >= 15 is 0 Å². The van der Waals surface area contributed by atoms with Crippen LogP contribution in [0.4, 0.5) is 5.69 Å². The molecule has 1 saturated carbocycles. The van der Waals surface area contributed by atoms with Crippen molar-refractivity contribution in [2.24, 2.45) is 5.41 Å². The van der Waals surface area contributed by atoms with E-state index in [-0.39, 0.29) is 17.3 Å². The Balaban J connectivity index is 1.32. The fourth-order valence-corrected chi connectivity index (χ4v) is 7.52. The van der Waals surface area contributed by atoms with E-state index in [9.17, 15) is 13.2 Å². The molecule has 2 aliphatic heterocycles. The molecule has 1 unspecified atom stereocenters. The van der Waals surface area contributed by atoms with E-state index in [0.29, 0.717) is 43.8 Å². The average Bonchev–Trinajstić information content (AvgIpc) is 3.19. The van der Waals surface area contributed by atoms with Crippen LogP contribution in [-0.2, 0) is 14.8 Å². The van der Waals surface area contributed by atoms with Gasteiger partial charge >= 0.3 is 0 Å². The van der Waals surface area contributed by atoms with Gasteiger partial charge in [-0.25, -0.2) is 8.42 Å². The number of piperidine rings is 1. The van der Waals surface area contributed by atoms with Gasteiger partial charge in [-0.1, -0.05) is 31.4 Å². The van der Waals surface area contributed by atoms with Crippen LogP contribution < -0.4 is 4.90 Å². The van der Waals surface area contributed by atoms with Gasteiger partial charge in [-0.3, -0.25) is 4.79 Å². The van der Waals surface area contributed by atoms with E-state index in [1.165, 1.54) is 66.2 Å². The fraction of sp³-hybridized carbons (Fsp3) is 0.481. The van der Waals surface area contributed by atoms with Crippen molar-refractivity contribution in [2.45, 2.75) is 62.2 Å². The SMILES string of the molecule is N#Cc1ccc(S(=O)(=O)N2CCCC3(CCN(c4ccc(C5CCCCC5)cc4)C3=O)C2)cc1. The van der Waals surface area contributed by atoms with Crippen molar-refractivity contribution in [3.8, 4) is 6.07 Å². The van der Waals surface area contributed by atoms with Crippen LogP contribution in [-0.4, -0.2) is 38.3 Å². The van der Waals surface area contributed by atoms with Crippen LogP contribution in [0.1, 0.15) is 68.4 Å². The van der Waals surface area contributed by atoms with Gasteiger partial charge in [0.2, 0.25) is 15.9 Å². The topological polar surface area (TPSA) is 81.5 Å². The fourth-order valence-electron chi connectivity index (χ4n) is 5.95. The van der Waals surface area contributed by atoms with E-state index in [4.69, 9.17) is 5.26 Å². The minimum atomic E-state index is -3.72. The minimum absolute atomic E-state index is 0.0395. The summed E-state index contributed by atoms with van der Waals surface area (Å²) in [6, 6.07) is 16.5. The third-order valence-electron chi connectivity index (χ3n) is 7.96. The number of hydrogen-bond donors (Lipinski definition) is 0.